The largest absolute Gasteiger partial charge is 0.434 e. The molecule has 0 N–H and O–H groups in total. The number of aryl methyl sites for hydroxylation is 1. The van der Waals surface area contributed by atoms with Crippen molar-refractivity contribution in [2.45, 2.75) is 39.2 Å². The lowest BCUT2D eigenvalue weighted by molar-refractivity contribution is -0.0505. The maximum atomic E-state index is 15.1. The lowest BCUT2D eigenvalue weighted by Gasteiger charge is -2.14. The average Bonchev–Trinajstić information content (AvgIpc) is 2.73. The number of alkyl halides is 2. The molecule has 0 fully saturated rings. The molecule has 0 unspecified atom stereocenters. The van der Waals surface area contributed by atoms with Crippen LogP contribution in [0.25, 0.3) is 21.9 Å². The molecular formula is C26H25F3O. The highest BCUT2D eigenvalue weighted by Crippen LogP contribution is 2.34. The van der Waals surface area contributed by atoms with Crippen LogP contribution >= 0.6 is 0 Å². The molecule has 3 aromatic rings. The van der Waals surface area contributed by atoms with E-state index < -0.39 is 12.4 Å². The van der Waals surface area contributed by atoms with Gasteiger partial charge in [0.05, 0.1) is 0 Å². The third-order valence-electron chi connectivity index (χ3n) is 5.07. The van der Waals surface area contributed by atoms with Crippen molar-refractivity contribution in [1.29, 1.82) is 0 Å². The lowest BCUT2D eigenvalue weighted by Crippen LogP contribution is -2.06. The number of fused-ring (bicyclic) bond motifs is 1. The van der Waals surface area contributed by atoms with Gasteiger partial charge in [0.2, 0.25) is 0 Å². The lowest BCUT2D eigenvalue weighted by atomic mass is 9.96. The van der Waals surface area contributed by atoms with Crippen molar-refractivity contribution in [3.8, 4) is 16.9 Å². The van der Waals surface area contributed by atoms with Gasteiger partial charge < -0.3 is 4.74 Å². The van der Waals surface area contributed by atoms with Crippen LogP contribution in [-0.2, 0) is 12.8 Å². The highest BCUT2D eigenvalue weighted by Gasteiger charge is 2.17. The van der Waals surface area contributed by atoms with Gasteiger partial charge in [0.1, 0.15) is 11.6 Å². The molecule has 0 saturated carbocycles. The number of rotatable bonds is 9. The third-order valence-corrected chi connectivity index (χ3v) is 5.07. The van der Waals surface area contributed by atoms with Crippen LogP contribution < -0.4 is 4.74 Å². The fraction of sp³-hybridized carbons (Fsp3) is 0.231. The maximum Gasteiger partial charge on any atom is 0.387 e. The zero-order chi connectivity index (χ0) is 21.5. The van der Waals surface area contributed by atoms with Gasteiger partial charge in [-0.2, -0.15) is 8.78 Å². The van der Waals surface area contributed by atoms with Crippen molar-refractivity contribution in [2.24, 2.45) is 0 Å². The van der Waals surface area contributed by atoms with Gasteiger partial charge in [-0.25, -0.2) is 4.39 Å². The molecule has 0 aliphatic heterocycles. The van der Waals surface area contributed by atoms with Crippen LogP contribution in [0.4, 0.5) is 13.2 Å². The molecule has 0 spiro atoms. The molecule has 0 bridgehead atoms. The van der Waals surface area contributed by atoms with Crippen molar-refractivity contribution in [1.82, 2.24) is 0 Å². The molecule has 3 rings (SSSR count). The molecule has 30 heavy (non-hydrogen) atoms. The molecule has 156 valence electrons. The van der Waals surface area contributed by atoms with Crippen LogP contribution in [0.3, 0.4) is 0 Å². The SMILES string of the molecule is C=CCCc1c(OC(F)F)cc2cc(-c3ccc(CC/C=C/C)cc3)ccc2c1F. The summed E-state index contributed by atoms with van der Waals surface area (Å²) in [5, 5.41) is 0.919. The molecule has 0 atom stereocenters. The van der Waals surface area contributed by atoms with Gasteiger partial charge in [-0.15, -0.1) is 6.58 Å². The minimum absolute atomic E-state index is 0.117. The Bertz CT molecular complexity index is 1040. The minimum Gasteiger partial charge on any atom is -0.434 e. The monoisotopic (exact) mass is 410 g/mol. The zero-order valence-electron chi connectivity index (χ0n) is 17.0. The third kappa shape index (κ3) is 5.12. The van der Waals surface area contributed by atoms with Gasteiger partial charge in [-0.3, -0.25) is 0 Å². The van der Waals surface area contributed by atoms with E-state index in [0.29, 0.717) is 17.2 Å². The number of ether oxygens (including phenoxy) is 1. The van der Waals surface area contributed by atoms with Gasteiger partial charge in [0.15, 0.2) is 0 Å². The summed E-state index contributed by atoms with van der Waals surface area (Å²) in [7, 11) is 0. The second kappa shape index (κ2) is 10.1. The molecule has 0 amide bonds. The summed E-state index contributed by atoms with van der Waals surface area (Å²) in [6, 6.07) is 15.1. The van der Waals surface area contributed by atoms with Crippen molar-refractivity contribution in [3.05, 3.63) is 90.3 Å². The molecule has 0 radical (unpaired) electrons. The topological polar surface area (TPSA) is 9.23 Å². The van der Waals surface area contributed by atoms with Crippen molar-refractivity contribution in [3.63, 3.8) is 0 Å². The summed E-state index contributed by atoms with van der Waals surface area (Å²) in [5.41, 5.74) is 3.27. The molecule has 0 aliphatic rings. The number of halogens is 3. The zero-order valence-corrected chi connectivity index (χ0v) is 17.0. The Balaban J connectivity index is 1.97. The van der Waals surface area contributed by atoms with E-state index in [-0.39, 0.29) is 17.7 Å². The van der Waals surface area contributed by atoms with Crippen molar-refractivity contribution >= 4 is 10.8 Å². The molecule has 0 aliphatic carbocycles. The molecule has 3 aromatic carbocycles. The van der Waals surface area contributed by atoms with E-state index in [2.05, 4.69) is 29.5 Å². The Hall–Kier alpha value is -3.01. The van der Waals surface area contributed by atoms with E-state index in [4.69, 9.17) is 0 Å². The van der Waals surface area contributed by atoms with Crippen LogP contribution in [0.1, 0.15) is 30.9 Å². The Morgan fingerprint density at radius 2 is 1.70 bits per heavy atom. The Kier molecular flexibility index (Phi) is 7.34. The fourth-order valence-electron chi connectivity index (χ4n) is 3.52. The summed E-state index contributed by atoms with van der Waals surface area (Å²) in [6.07, 6.45) is 8.48. The minimum atomic E-state index is -3.01. The van der Waals surface area contributed by atoms with E-state index >= 15 is 4.39 Å². The second-order valence-electron chi connectivity index (χ2n) is 7.11. The number of benzene rings is 3. The maximum absolute atomic E-state index is 15.1. The molecule has 1 nitrogen and oxygen atoms in total. The van der Waals surface area contributed by atoms with E-state index in [1.807, 2.05) is 37.3 Å². The molecule has 0 saturated heterocycles. The molecule has 0 aromatic heterocycles. The first kappa shape index (κ1) is 21.7. The Labute approximate surface area is 175 Å². The molecule has 4 heteroatoms. The highest BCUT2D eigenvalue weighted by atomic mass is 19.3. The first-order valence-corrected chi connectivity index (χ1v) is 10.0. The first-order valence-electron chi connectivity index (χ1n) is 10.0. The highest BCUT2D eigenvalue weighted by molar-refractivity contribution is 5.90. The van der Waals surface area contributed by atoms with Gasteiger partial charge in [0, 0.05) is 10.9 Å². The quantitative estimate of drug-likeness (QED) is 0.326. The summed E-state index contributed by atoms with van der Waals surface area (Å²) in [4.78, 5) is 0. The van der Waals surface area contributed by atoms with Gasteiger partial charge in [-0.1, -0.05) is 54.6 Å². The average molecular weight is 410 g/mol. The number of hydrogen-bond donors (Lipinski definition) is 0. The van der Waals surface area contributed by atoms with Crippen LogP contribution in [0.2, 0.25) is 0 Å². The molecule has 0 heterocycles. The summed E-state index contributed by atoms with van der Waals surface area (Å²) < 4.78 is 45.5. The van der Waals surface area contributed by atoms with Gasteiger partial charge in [-0.05, 0) is 66.8 Å². The van der Waals surface area contributed by atoms with E-state index in [1.54, 1.807) is 12.1 Å². The van der Waals surface area contributed by atoms with Crippen molar-refractivity contribution in [2.75, 3.05) is 0 Å². The van der Waals surface area contributed by atoms with E-state index in [0.717, 1.165) is 24.0 Å². The smallest absolute Gasteiger partial charge is 0.387 e. The van der Waals surface area contributed by atoms with E-state index in [1.165, 1.54) is 11.6 Å². The predicted molar refractivity (Wildman–Crippen MR) is 118 cm³/mol. The summed E-state index contributed by atoms with van der Waals surface area (Å²) >= 11 is 0. The van der Waals surface area contributed by atoms with Crippen LogP contribution in [0, 0.1) is 5.82 Å². The summed E-state index contributed by atoms with van der Waals surface area (Å²) in [6.45, 7) is 2.61. The Morgan fingerprint density at radius 1 is 0.967 bits per heavy atom. The fourth-order valence-corrected chi connectivity index (χ4v) is 3.52. The standard InChI is InChI=1S/C26H25F3O/c1-3-5-7-8-18-10-12-19(13-11-18)20-14-15-22-21(16-20)17-24(30-26(28)29)23(25(22)27)9-6-4-2/h3-5,10-17,26H,2,6-9H2,1H3/b5-3+. The van der Waals surface area contributed by atoms with Gasteiger partial charge >= 0.3 is 6.61 Å². The van der Waals surface area contributed by atoms with E-state index in [9.17, 15) is 8.78 Å². The predicted octanol–water partition coefficient (Wildman–Crippen LogP) is 7.87. The van der Waals surface area contributed by atoms with Crippen LogP contribution in [0.15, 0.2) is 73.3 Å². The van der Waals surface area contributed by atoms with Crippen molar-refractivity contribution < 1.29 is 17.9 Å². The van der Waals surface area contributed by atoms with Crippen LogP contribution in [0.5, 0.6) is 5.75 Å². The summed E-state index contributed by atoms with van der Waals surface area (Å²) in [5.74, 6) is -0.635. The van der Waals surface area contributed by atoms with Crippen LogP contribution in [-0.4, -0.2) is 6.61 Å². The normalized spacial score (nSPS) is 11.5. The van der Waals surface area contributed by atoms with Gasteiger partial charge in [0.25, 0.3) is 0 Å². The first-order chi connectivity index (χ1) is 14.5. The Morgan fingerprint density at radius 3 is 2.37 bits per heavy atom. The second-order valence-corrected chi connectivity index (χ2v) is 7.11. The molecular weight excluding hydrogens is 385 g/mol. The number of allylic oxidation sites excluding steroid dienone is 3. The number of hydrogen-bond acceptors (Lipinski definition) is 1.